The largest absolute Gasteiger partial charge is 0.460 e. The van der Waals surface area contributed by atoms with E-state index in [9.17, 15) is 9.59 Å². The Labute approximate surface area is 223 Å². The molecule has 4 rings (SSSR count). The topological polar surface area (TPSA) is 60.3 Å². The number of benzene rings is 1. The first-order valence-electron chi connectivity index (χ1n) is 14.1. The number of carbonyl (C=O) groups excluding carboxylic acids is 2. The molecule has 1 aromatic heterocycles. The Kier molecular flexibility index (Phi) is 7.65. The average Bonchev–Trinajstić information content (AvgIpc) is 3.52. The van der Waals surface area contributed by atoms with Gasteiger partial charge in [0.25, 0.3) is 12.4 Å². The van der Waals surface area contributed by atoms with Crippen molar-refractivity contribution >= 4 is 12.4 Å². The van der Waals surface area contributed by atoms with E-state index < -0.39 is 5.60 Å². The highest BCUT2D eigenvalue weighted by atomic mass is 16.5. The maximum absolute atomic E-state index is 13.4. The van der Waals surface area contributed by atoms with Gasteiger partial charge in [-0.2, -0.15) is 0 Å². The number of hydrogen-bond donors (Lipinski definition) is 1. The lowest BCUT2D eigenvalue weighted by molar-refractivity contribution is -0.139. The number of ether oxygens (including phenoxy) is 1. The standard InChI is InChI=1S/C32H46N2O3/c1-22-27(29(36)33-20-31(5,6)37-21-35)18-28(34(22)19-23-11-9-8-10-12-23)24-15-25(30(2,3)4)17-26(16-24)32(7)13-14-32/h15-18,21,23H,8-14,19-20H2,1-7H3,(H,33,36). The summed E-state index contributed by atoms with van der Waals surface area (Å²) in [7, 11) is 0. The summed E-state index contributed by atoms with van der Waals surface area (Å²) >= 11 is 0. The molecule has 2 aliphatic carbocycles. The van der Waals surface area contributed by atoms with Gasteiger partial charge in [0, 0.05) is 17.9 Å². The molecular weight excluding hydrogens is 460 g/mol. The quantitative estimate of drug-likeness (QED) is 0.370. The van der Waals surface area contributed by atoms with Gasteiger partial charge in [-0.25, -0.2) is 0 Å². The summed E-state index contributed by atoms with van der Waals surface area (Å²) in [6, 6.07) is 9.20. The molecule has 2 saturated carbocycles. The third-order valence-electron chi connectivity index (χ3n) is 8.61. The number of amides is 1. The van der Waals surface area contributed by atoms with Crippen LogP contribution >= 0.6 is 0 Å². The highest BCUT2D eigenvalue weighted by molar-refractivity contribution is 5.97. The van der Waals surface area contributed by atoms with Crippen molar-refractivity contribution in [3.63, 3.8) is 0 Å². The Morgan fingerprint density at radius 1 is 1.08 bits per heavy atom. The molecule has 5 nitrogen and oxygen atoms in total. The molecular formula is C32H46N2O3. The Morgan fingerprint density at radius 2 is 1.76 bits per heavy atom. The number of nitrogens with zero attached hydrogens (tertiary/aromatic N) is 1. The minimum Gasteiger partial charge on any atom is -0.460 e. The van der Waals surface area contributed by atoms with Crippen LogP contribution in [0.1, 0.15) is 114 Å². The van der Waals surface area contributed by atoms with Gasteiger partial charge in [-0.1, -0.05) is 53.0 Å². The molecule has 0 aliphatic heterocycles. The van der Waals surface area contributed by atoms with Crippen LogP contribution in [0, 0.1) is 12.8 Å². The van der Waals surface area contributed by atoms with Crippen molar-refractivity contribution in [2.45, 2.75) is 116 Å². The van der Waals surface area contributed by atoms with Crippen LogP contribution < -0.4 is 5.32 Å². The van der Waals surface area contributed by atoms with E-state index in [1.165, 1.54) is 61.6 Å². The van der Waals surface area contributed by atoms with Gasteiger partial charge in [0.1, 0.15) is 5.60 Å². The van der Waals surface area contributed by atoms with Crippen molar-refractivity contribution in [2.75, 3.05) is 6.54 Å². The molecule has 0 unspecified atom stereocenters. The molecule has 202 valence electrons. The van der Waals surface area contributed by atoms with Gasteiger partial charge in [-0.15, -0.1) is 0 Å². The second kappa shape index (κ2) is 10.3. The van der Waals surface area contributed by atoms with E-state index in [-0.39, 0.29) is 23.3 Å². The van der Waals surface area contributed by atoms with Gasteiger partial charge in [-0.05, 0) is 98.1 Å². The minimum absolute atomic E-state index is 0.0379. The summed E-state index contributed by atoms with van der Waals surface area (Å²) in [6.07, 6.45) is 8.88. The van der Waals surface area contributed by atoms with E-state index in [4.69, 9.17) is 4.74 Å². The molecule has 37 heavy (non-hydrogen) atoms. The number of hydrogen-bond acceptors (Lipinski definition) is 3. The Hall–Kier alpha value is -2.56. The second-order valence-corrected chi connectivity index (χ2v) is 13.4. The van der Waals surface area contributed by atoms with Crippen LogP contribution in [0.3, 0.4) is 0 Å². The molecule has 0 atom stereocenters. The van der Waals surface area contributed by atoms with Crippen LogP contribution in [0.5, 0.6) is 0 Å². The van der Waals surface area contributed by atoms with Crippen LogP contribution in [0.25, 0.3) is 11.3 Å². The van der Waals surface area contributed by atoms with Crippen LogP contribution in [0.15, 0.2) is 24.3 Å². The third kappa shape index (κ3) is 6.30. The Morgan fingerprint density at radius 3 is 2.35 bits per heavy atom. The van der Waals surface area contributed by atoms with Crippen LogP contribution in [-0.2, 0) is 26.9 Å². The predicted molar refractivity (Wildman–Crippen MR) is 150 cm³/mol. The molecule has 0 saturated heterocycles. The van der Waals surface area contributed by atoms with Gasteiger partial charge in [0.15, 0.2) is 0 Å². The van der Waals surface area contributed by atoms with Crippen molar-refractivity contribution in [1.29, 1.82) is 0 Å². The number of nitrogens with one attached hydrogen (secondary N) is 1. The molecule has 2 aromatic rings. The lowest BCUT2D eigenvalue weighted by Gasteiger charge is -2.26. The van der Waals surface area contributed by atoms with E-state index in [2.05, 4.69) is 68.8 Å². The smallest absolute Gasteiger partial charge is 0.293 e. The first-order chi connectivity index (χ1) is 17.3. The monoisotopic (exact) mass is 506 g/mol. The molecule has 0 radical (unpaired) electrons. The molecule has 1 N–H and O–H groups in total. The molecule has 5 heteroatoms. The van der Waals surface area contributed by atoms with Crippen molar-refractivity contribution in [2.24, 2.45) is 5.92 Å². The summed E-state index contributed by atoms with van der Waals surface area (Å²) in [5.74, 6) is 0.519. The highest BCUT2D eigenvalue weighted by Gasteiger charge is 2.40. The van der Waals surface area contributed by atoms with Gasteiger partial charge >= 0.3 is 0 Å². The SMILES string of the molecule is Cc1c(C(=O)NCC(C)(C)OC=O)cc(-c2cc(C(C)(C)C)cc(C3(C)CC3)c2)n1CC1CCCCC1. The Balaban J connectivity index is 1.76. The lowest BCUT2D eigenvalue weighted by atomic mass is 9.82. The van der Waals surface area contributed by atoms with Crippen molar-refractivity contribution in [3.05, 3.63) is 46.6 Å². The van der Waals surface area contributed by atoms with E-state index in [0.717, 1.165) is 17.9 Å². The zero-order chi connectivity index (χ0) is 27.0. The third-order valence-corrected chi connectivity index (χ3v) is 8.61. The first kappa shape index (κ1) is 27.5. The molecule has 1 heterocycles. The summed E-state index contributed by atoms with van der Waals surface area (Å²) in [6.45, 7) is 16.5. The molecule has 0 bridgehead atoms. The number of carbonyl (C=O) groups is 2. The predicted octanol–water partition coefficient (Wildman–Crippen LogP) is 7.07. The summed E-state index contributed by atoms with van der Waals surface area (Å²) in [5.41, 5.74) is 6.35. The van der Waals surface area contributed by atoms with Crippen LogP contribution in [0.2, 0.25) is 0 Å². The molecule has 1 amide bonds. The second-order valence-electron chi connectivity index (χ2n) is 13.4. The number of rotatable bonds is 9. The number of aromatic nitrogens is 1. The summed E-state index contributed by atoms with van der Waals surface area (Å²) < 4.78 is 7.54. The van der Waals surface area contributed by atoms with E-state index >= 15 is 0 Å². The van der Waals surface area contributed by atoms with Gasteiger partial charge in [-0.3, -0.25) is 9.59 Å². The fourth-order valence-electron chi connectivity index (χ4n) is 5.57. The highest BCUT2D eigenvalue weighted by Crippen LogP contribution is 2.49. The van der Waals surface area contributed by atoms with Crippen LogP contribution in [-0.4, -0.2) is 29.1 Å². The van der Waals surface area contributed by atoms with Crippen molar-refractivity contribution in [1.82, 2.24) is 9.88 Å². The zero-order valence-corrected chi connectivity index (χ0v) is 24.0. The van der Waals surface area contributed by atoms with Crippen LogP contribution in [0.4, 0.5) is 0 Å². The molecule has 2 fully saturated rings. The molecule has 0 spiro atoms. The molecule has 1 aromatic carbocycles. The lowest BCUT2D eigenvalue weighted by Crippen LogP contribution is -2.40. The van der Waals surface area contributed by atoms with E-state index in [1.54, 1.807) is 13.8 Å². The first-order valence-corrected chi connectivity index (χ1v) is 14.1. The van der Waals surface area contributed by atoms with Gasteiger partial charge in [0.2, 0.25) is 0 Å². The maximum Gasteiger partial charge on any atom is 0.293 e. The van der Waals surface area contributed by atoms with Gasteiger partial charge in [0.05, 0.1) is 12.1 Å². The summed E-state index contributed by atoms with van der Waals surface area (Å²) in [5, 5.41) is 3.01. The maximum atomic E-state index is 13.4. The van der Waals surface area contributed by atoms with Crippen molar-refractivity contribution < 1.29 is 14.3 Å². The van der Waals surface area contributed by atoms with E-state index in [1.807, 2.05) is 0 Å². The average molecular weight is 507 g/mol. The van der Waals surface area contributed by atoms with Crippen molar-refractivity contribution in [3.8, 4) is 11.3 Å². The normalized spacial score (nSPS) is 17.9. The zero-order valence-electron chi connectivity index (χ0n) is 24.0. The van der Waals surface area contributed by atoms with Gasteiger partial charge < -0.3 is 14.6 Å². The minimum atomic E-state index is -0.755. The fourth-order valence-corrected chi connectivity index (χ4v) is 5.57. The fraction of sp³-hybridized carbons (Fsp3) is 0.625. The van der Waals surface area contributed by atoms with E-state index in [0.29, 0.717) is 18.0 Å². The Bertz CT molecular complexity index is 1120. The molecule has 2 aliphatic rings. The summed E-state index contributed by atoms with van der Waals surface area (Å²) in [4.78, 5) is 24.2.